The molecule has 17 heavy (non-hydrogen) atoms. The Balaban J connectivity index is 2.31. The first kappa shape index (κ1) is 13.7. The Hall–Kier alpha value is -1.32. The number of nitrogens with one attached hydrogen (secondary N) is 1. The van der Waals surface area contributed by atoms with Crippen LogP contribution in [0.25, 0.3) is 0 Å². The van der Waals surface area contributed by atoms with E-state index in [1.165, 1.54) is 0 Å². The second-order valence-corrected chi connectivity index (χ2v) is 4.21. The van der Waals surface area contributed by atoms with Gasteiger partial charge in [0.1, 0.15) is 6.10 Å². The van der Waals surface area contributed by atoms with Gasteiger partial charge in [0, 0.05) is 5.03 Å². The third-order valence-corrected chi connectivity index (χ3v) is 2.30. The molecule has 1 amide bonds. The van der Waals surface area contributed by atoms with E-state index in [2.05, 4.69) is 11.9 Å². The van der Waals surface area contributed by atoms with Gasteiger partial charge in [0.25, 0.3) is 0 Å². The number of amides is 1. The highest BCUT2D eigenvalue weighted by molar-refractivity contribution is 6.29. The van der Waals surface area contributed by atoms with Gasteiger partial charge in [0.2, 0.25) is 5.91 Å². The number of benzene rings is 1. The molecule has 1 aromatic carbocycles. The first-order chi connectivity index (χ1) is 8.09. The summed E-state index contributed by atoms with van der Waals surface area (Å²) in [6.07, 6.45) is -0.508. The maximum atomic E-state index is 11.5. The molecule has 92 valence electrons. The Morgan fingerprint density at radius 1 is 1.47 bits per heavy atom. The second kappa shape index (κ2) is 7.09. The first-order valence-corrected chi connectivity index (χ1v) is 5.74. The van der Waals surface area contributed by atoms with Crippen LogP contribution in [0.2, 0.25) is 0 Å². The van der Waals surface area contributed by atoms with Crippen LogP contribution in [0, 0.1) is 0 Å². The van der Waals surface area contributed by atoms with Crippen LogP contribution in [0.1, 0.15) is 12.5 Å². The summed E-state index contributed by atoms with van der Waals surface area (Å²) in [5.41, 5.74) is 1.04. The fourth-order valence-electron chi connectivity index (χ4n) is 1.20. The number of rotatable bonds is 6. The van der Waals surface area contributed by atoms with Gasteiger partial charge in [-0.3, -0.25) is 4.79 Å². The molecule has 4 heteroatoms. The Labute approximate surface area is 106 Å². The zero-order valence-electron chi connectivity index (χ0n) is 9.78. The molecule has 0 aliphatic carbocycles. The normalized spacial score (nSPS) is 11.9. The van der Waals surface area contributed by atoms with Crippen molar-refractivity contribution in [3.63, 3.8) is 0 Å². The largest absolute Gasteiger partial charge is 0.364 e. The van der Waals surface area contributed by atoms with E-state index < -0.39 is 6.10 Å². The Morgan fingerprint density at radius 3 is 2.71 bits per heavy atom. The minimum atomic E-state index is -0.508. The fraction of sp³-hybridized carbons (Fsp3) is 0.308. The quantitative estimate of drug-likeness (QED) is 0.846. The molecule has 1 rings (SSSR count). The molecule has 1 atom stereocenters. The highest BCUT2D eigenvalue weighted by atomic mass is 35.5. The maximum Gasteiger partial charge on any atom is 0.249 e. The van der Waals surface area contributed by atoms with E-state index in [0.29, 0.717) is 11.6 Å². The van der Waals surface area contributed by atoms with Crippen molar-refractivity contribution in [1.29, 1.82) is 0 Å². The van der Waals surface area contributed by atoms with Crippen LogP contribution in [0.3, 0.4) is 0 Å². The standard InChI is InChI=1S/C13H16ClNO2/c1-10(14)8-15-13(16)11(2)17-9-12-6-4-3-5-7-12/h3-7,11H,1,8-9H2,2H3,(H,15,16). The van der Waals surface area contributed by atoms with Crippen LogP contribution in [0.5, 0.6) is 0 Å². The number of halogens is 1. The van der Waals surface area contributed by atoms with Gasteiger partial charge in [-0.2, -0.15) is 0 Å². The highest BCUT2D eigenvalue weighted by Gasteiger charge is 2.12. The van der Waals surface area contributed by atoms with Gasteiger partial charge >= 0.3 is 0 Å². The third-order valence-electron chi connectivity index (χ3n) is 2.17. The van der Waals surface area contributed by atoms with Gasteiger partial charge in [-0.05, 0) is 12.5 Å². The highest BCUT2D eigenvalue weighted by Crippen LogP contribution is 2.03. The average Bonchev–Trinajstić information content (AvgIpc) is 2.34. The lowest BCUT2D eigenvalue weighted by Crippen LogP contribution is -2.35. The number of ether oxygens (including phenoxy) is 1. The molecular formula is C13H16ClNO2. The van der Waals surface area contributed by atoms with Crippen molar-refractivity contribution < 1.29 is 9.53 Å². The summed E-state index contributed by atoms with van der Waals surface area (Å²) in [5, 5.41) is 3.02. The van der Waals surface area contributed by atoms with Gasteiger partial charge in [0.05, 0.1) is 13.2 Å². The Morgan fingerprint density at radius 2 is 2.12 bits per heavy atom. The summed E-state index contributed by atoms with van der Waals surface area (Å²) in [6.45, 7) is 5.87. The number of hydrogen-bond acceptors (Lipinski definition) is 2. The van der Waals surface area contributed by atoms with Gasteiger partial charge in [-0.25, -0.2) is 0 Å². The molecule has 0 bridgehead atoms. The molecule has 0 aliphatic heterocycles. The van der Waals surface area contributed by atoms with E-state index in [1.807, 2.05) is 30.3 Å². The zero-order chi connectivity index (χ0) is 12.7. The van der Waals surface area contributed by atoms with Crippen molar-refractivity contribution in [2.45, 2.75) is 19.6 Å². The van der Waals surface area contributed by atoms with Crippen LogP contribution in [-0.2, 0) is 16.1 Å². The zero-order valence-corrected chi connectivity index (χ0v) is 10.5. The van der Waals surface area contributed by atoms with Crippen molar-refractivity contribution in [1.82, 2.24) is 5.32 Å². The van der Waals surface area contributed by atoms with E-state index in [-0.39, 0.29) is 12.5 Å². The number of carbonyl (C=O) groups is 1. The van der Waals surface area contributed by atoms with Gasteiger partial charge < -0.3 is 10.1 Å². The lowest BCUT2D eigenvalue weighted by molar-refractivity contribution is -0.132. The molecule has 0 spiro atoms. The molecule has 1 N–H and O–H groups in total. The fourth-order valence-corrected chi connectivity index (χ4v) is 1.26. The van der Waals surface area contributed by atoms with Crippen LogP contribution in [0.4, 0.5) is 0 Å². The average molecular weight is 254 g/mol. The third kappa shape index (κ3) is 5.52. The summed E-state index contributed by atoms with van der Waals surface area (Å²) in [4.78, 5) is 11.5. The lowest BCUT2D eigenvalue weighted by atomic mass is 10.2. The predicted octanol–water partition coefficient (Wildman–Crippen LogP) is 2.46. The van der Waals surface area contributed by atoms with Crippen LogP contribution < -0.4 is 5.32 Å². The summed E-state index contributed by atoms with van der Waals surface area (Å²) >= 11 is 5.55. The summed E-state index contributed by atoms with van der Waals surface area (Å²) in [7, 11) is 0. The van der Waals surface area contributed by atoms with E-state index in [9.17, 15) is 4.79 Å². The van der Waals surface area contributed by atoms with E-state index in [4.69, 9.17) is 16.3 Å². The first-order valence-electron chi connectivity index (χ1n) is 5.36. The molecule has 0 radical (unpaired) electrons. The molecular weight excluding hydrogens is 238 g/mol. The number of hydrogen-bond donors (Lipinski definition) is 1. The SMILES string of the molecule is C=C(Cl)CNC(=O)C(C)OCc1ccccc1. The minimum absolute atomic E-state index is 0.192. The van der Waals surface area contributed by atoms with Gasteiger partial charge in [-0.15, -0.1) is 0 Å². The monoisotopic (exact) mass is 253 g/mol. The molecule has 1 unspecified atom stereocenters. The predicted molar refractivity (Wildman–Crippen MR) is 68.7 cm³/mol. The van der Waals surface area contributed by atoms with Crippen molar-refractivity contribution in [3.8, 4) is 0 Å². The summed E-state index contributed by atoms with van der Waals surface area (Å²) in [5.74, 6) is -0.192. The number of carbonyl (C=O) groups excluding carboxylic acids is 1. The molecule has 1 aromatic rings. The van der Waals surface area contributed by atoms with Crippen molar-refractivity contribution in [3.05, 3.63) is 47.5 Å². The van der Waals surface area contributed by atoms with Crippen molar-refractivity contribution in [2.75, 3.05) is 6.54 Å². The van der Waals surface area contributed by atoms with Gasteiger partial charge in [-0.1, -0.05) is 48.5 Å². The smallest absolute Gasteiger partial charge is 0.249 e. The van der Waals surface area contributed by atoms with Crippen LogP contribution >= 0.6 is 11.6 Å². The van der Waals surface area contributed by atoms with Crippen LogP contribution in [-0.4, -0.2) is 18.6 Å². The lowest BCUT2D eigenvalue weighted by Gasteiger charge is -2.13. The van der Waals surface area contributed by atoms with E-state index in [0.717, 1.165) is 5.56 Å². The van der Waals surface area contributed by atoms with E-state index >= 15 is 0 Å². The topological polar surface area (TPSA) is 38.3 Å². The molecule has 0 saturated carbocycles. The van der Waals surface area contributed by atoms with E-state index in [1.54, 1.807) is 6.92 Å². The second-order valence-electron chi connectivity index (χ2n) is 3.67. The van der Waals surface area contributed by atoms with Gasteiger partial charge in [0.15, 0.2) is 0 Å². The summed E-state index contributed by atoms with van der Waals surface area (Å²) in [6, 6.07) is 9.70. The summed E-state index contributed by atoms with van der Waals surface area (Å²) < 4.78 is 5.44. The van der Waals surface area contributed by atoms with Crippen molar-refractivity contribution in [2.24, 2.45) is 0 Å². The molecule has 3 nitrogen and oxygen atoms in total. The molecule has 0 fully saturated rings. The molecule has 0 heterocycles. The van der Waals surface area contributed by atoms with Crippen LogP contribution in [0.15, 0.2) is 41.9 Å². The van der Waals surface area contributed by atoms with Crippen molar-refractivity contribution >= 4 is 17.5 Å². The molecule has 0 aromatic heterocycles. The minimum Gasteiger partial charge on any atom is -0.364 e. The Kier molecular flexibility index (Phi) is 5.73. The molecule has 0 aliphatic rings. The Bertz CT molecular complexity index is 378. The molecule has 0 saturated heterocycles. The maximum absolute atomic E-state index is 11.5.